The molecule has 0 aliphatic rings. The summed E-state index contributed by atoms with van der Waals surface area (Å²) in [6.07, 6.45) is 16.5. The third-order valence-electron chi connectivity index (χ3n) is 3.30. The summed E-state index contributed by atoms with van der Waals surface area (Å²) < 4.78 is 15.4. The lowest BCUT2D eigenvalue weighted by molar-refractivity contribution is 0.109. The number of aldehydes is 2. The van der Waals surface area contributed by atoms with E-state index >= 15 is 0 Å². The number of nitrogens with one attached hydrogen (secondary N) is 1. The second kappa shape index (κ2) is 22.9. The number of nitrogens with zero attached hydrogens (tertiary/aromatic N) is 1. The molecule has 0 amide bonds. The van der Waals surface area contributed by atoms with E-state index in [1.165, 1.54) is 6.07 Å². The van der Waals surface area contributed by atoms with Gasteiger partial charge in [-0.2, -0.15) is 0 Å². The van der Waals surface area contributed by atoms with Crippen LogP contribution in [0.3, 0.4) is 0 Å². The van der Waals surface area contributed by atoms with Gasteiger partial charge in [-0.15, -0.1) is 37.2 Å². The van der Waals surface area contributed by atoms with Crippen LogP contribution in [0.5, 0.6) is 0 Å². The van der Waals surface area contributed by atoms with Crippen LogP contribution in [-0.4, -0.2) is 53.7 Å². The minimum Gasteiger partial charge on any atom is -0.451 e. The van der Waals surface area contributed by atoms with Crippen LogP contribution >= 0.6 is 28.3 Å². The van der Waals surface area contributed by atoms with E-state index in [4.69, 9.17) is 32.5 Å². The SMILES string of the molecule is C#C[Si](C)(C)C.C#Cc1ccc(C=O)o1.C#Cc1ccc(CN(C)C)o1.CNC.Cl.O=Cc1ccc(Br)o1. The normalized spacial score (nSPS) is 8.89. The van der Waals surface area contributed by atoms with Gasteiger partial charge < -0.3 is 23.5 Å². The molecule has 3 aromatic rings. The van der Waals surface area contributed by atoms with Crippen LogP contribution in [-0.2, 0) is 6.54 Å². The number of terminal acetylenes is 3. The zero-order valence-electron chi connectivity index (χ0n) is 22.8. The van der Waals surface area contributed by atoms with Crippen LogP contribution < -0.4 is 5.32 Å². The smallest absolute Gasteiger partial charge is 0.185 e. The molecular formula is C28H36BrClN2O5Si. The van der Waals surface area contributed by atoms with Crippen LogP contribution in [0.2, 0.25) is 19.6 Å². The van der Waals surface area contributed by atoms with Crippen molar-refractivity contribution in [3.8, 4) is 36.7 Å². The van der Waals surface area contributed by atoms with Crippen molar-refractivity contribution in [3.63, 3.8) is 0 Å². The summed E-state index contributed by atoms with van der Waals surface area (Å²) in [4.78, 5) is 21.9. The Kier molecular flexibility index (Phi) is 23.7. The average molecular weight is 624 g/mol. The second-order valence-corrected chi connectivity index (χ2v) is 13.8. The molecule has 0 saturated carbocycles. The topological polar surface area (TPSA) is 88.8 Å². The standard InChI is InChI=1S/C9H11NO.C7H4O2.C5H3BrO2.C5H10Si.C2H7N.ClH/c1-4-8-5-6-9(11-8)7-10(2)3;1-2-6-3-4-7(5-8)9-6;6-5-2-1-4(3-7)8-5;1-5-6(2,3)4;1-3-2;/h1,5-6H,7H2,2-3H3;1,3-5H;1-3H;1H,2-4H3;3H,1-2H3;1H. The highest BCUT2D eigenvalue weighted by molar-refractivity contribution is 9.10. The molecule has 1 N–H and O–H groups in total. The van der Waals surface area contributed by atoms with E-state index in [1.54, 1.807) is 24.3 Å². The third kappa shape index (κ3) is 22.0. The first-order chi connectivity index (χ1) is 17.4. The van der Waals surface area contributed by atoms with E-state index in [-0.39, 0.29) is 18.2 Å². The summed E-state index contributed by atoms with van der Waals surface area (Å²) in [6.45, 7) is 7.23. The number of hydrogen-bond donors (Lipinski definition) is 1. The summed E-state index contributed by atoms with van der Waals surface area (Å²) >= 11 is 3.05. The summed E-state index contributed by atoms with van der Waals surface area (Å²) in [5.74, 6) is 7.19. The van der Waals surface area contributed by atoms with Gasteiger partial charge in [0.25, 0.3) is 0 Å². The second-order valence-electron chi connectivity index (χ2n) is 8.27. The molecule has 0 unspecified atom stereocenters. The minimum atomic E-state index is -1.10. The highest BCUT2D eigenvalue weighted by atomic mass is 79.9. The lowest BCUT2D eigenvalue weighted by Crippen LogP contribution is -2.15. The Balaban J connectivity index is -0.000000419. The minimum absolute atomic E-state index is 0. The van der Waals surface area contributed by atoms with Gasteiger partial charge in [0.15, 0.2) is 40.3 Å². The predicted molar refractivity (Wildman–Crippen MR) is 162 cm³/mol. The number of halogens is 2. The molecule has 38 heavy (non-hydrogen) atoms. The molecule has 3 rings (SSSR count). The summed E-state index contributed by atoms with van der Waals surface area (Å²) in [6, 6.07) is 10.1. The van der Waals surface area contributed by atoms with Gasteiger partial charge in [0.2, 0.25) is 0 Å². The fourth-order valence-electron chi connectivity index (χ4n) is 1.74. The van der Waals surface area contributed by atoms with E-state index < -0.39 is 8.07 Å². The Morgan fingerprint density at radius 1 is 0.868 bits per heavy atom. The van der Waals surface area contributed by atoms with Crippen LogP contribution in [0.25, 0.3) is 0 Å². The fourth-order valence-corrected chi connectivity index (χ4v) is 2.06. The van der Waals surface area contributed by atoms with E-state index in [0.29, 0.717) is 34.5 Å². The van der Waals surface area contributed by atoms with E-state index in [2.05, 4.69) is 58.3 Å². The van der Waals surface area contributed by atoms with Gasteiger partial charge in [-0.05, 0) is 92.4 Å². The molecule has 0 saturated heterocycles. The molecule has 0 fully saturated rings. The van der Waals surface area contributed by atoms with Crippen molar-refractivity contribution < 1.29 is 22.8 Å². The molecule has 7 nitrogen and oxygen atoms in total. The van der Waals surface area contributed by atoms with Gasteiger partial charge in [0.1, 0.15) is 13.8 Å². The molecule has 0 bridgehead atoms. The molecule has 0 atom stereocenters. The highest BCUT2D eigenvalue weighted by Crippen LogP contribution is 2.11. The van der Waals surface area contributed by atoms with Crippen molar-refractivity contribution in [2.75, 3.05) is 28.2 Å². The van der Waals surface area contributed by atoms with Crippen LogP contribution in [0, 0.1) is 36.7 Å². The van der Waals surface area contributed by atoms with Gasteiger partial charge in [-0.1, -0.05) is 19.6 Å². The Hall–Kier alpha value is -3.23. The maximum atomic E-state index is 9.97. The molecule has 0 aliphatic heterocycles. The summed E-state index contributed by atoms with van der Waals surface area (Å²) in [5, 5.41) is 2.75. The van der Waals surface area contributed by atoms with E-state index in [9.17, 15) is 9.59 Å². The first-order valence-corrected chi connectivity index (χ1v) is 15.2. The van der Waals surface area contributed by atoms with Gasteiger partial charge in [0.05, 0.1) is 6.54 Å². The molecule has 206 valence electrons. The Bertz CT molecular complexity index is 1170. The van der Waals surface area contributed by atoms with Crippen molar-refractivity contribution >= 4 is 49.0 Å². The van der Waals surface area contributed by atoms with Gasteiger partial charge in [-0.25, -0.2) is 0 Å². The third-order valence-corrected chi connectivity index (χ3v) is 4.60. The molecule has 0 aromatic carbocycles. The number of rotatable bonds is 4. The van der Waals surface area contributed by atoms with Crippen molar-refractivity contribution in [1.29, 1.82) is 0 Å². The van der Waals surface area contributed by atoms with Gasteiger partial charge >= 0.3 is 0 Å². The predicted octanol–water partition coefficient (Wildman–Crippen LogP) is 6.00. The average Bonchev–Trinajstić information content (AvgIpc) is 3.60. The van der Waals surface area contributed by atoms with Gasteiger partial charge in [-0.3, -0.25) is 9.59 Å². The van der Waals surface area contributed by atoms with Crippen molar-refractivity contribution in [3.05, 3.63) is 69.9 Å². The molecular weight excluding hydrogens is 588 g/mol. The fraction of sp³-hybridized carbons (Fsp3) is 0.286. The molecule has 3 aromatic heterocycles. The molecule has 0 spiro atoms. The lowest BCUT2D eigenvalue weighted by Gasteiger charge is -2.04. The Morgan fingerprint density at radius 3 is 1.55 bits per heavy atom. The largest absolute Gasteiger partial charge is 0.451 e. The van der Waals surface area contributed by atoms with Crippen LogP contribution in [0.15, 0.2) is 54.3 Å². The number of hydrogen-bond acceptors (Lipinski definition) is 7. The maximum absolute atomic E-state index is 9.97. The molecule has 0 aliphatic carbocycles. The number of furan rings is 3. The highest BCUT2D eigenvalue weighted by Gasteiger charge is 2.05. The maximum Gasteiger partial charge on any atom is 0.185 e. The van der Waals surface area contributed by atoms with Crippen molar-refractivity contribution in [2.24, 2.45) is 0 Å². The monoisotopic (exact) mass is 622 g/mol. The quantitative estimate of drug-likeness (QED) is 0.217. The molecule has 0 radical (unpaired) electrons. The van der Waals surface area contributed by atoms with Crippen molar-refractivity contribution in [2.45, 2.75) is 26.2 Å². The zero-order valence-corrected chi connectivity index (χ0v) is 26.2. The lowest BCUT2D eigenvalue weighted by atomic mass is 10.4. The van der Waals surface area contributed by atoms with E-state index in [1.807, 2.05) is 39.2 Å². The first-order valence-electron chi connectivity index (χ1n) is 10.9. The molecule has 3 heterocycles. The zero-order chi connectivity index (χ0) is 28.9. The number of carbonyl (C=O) groups excluding carboxylic acids is 2. The van der Waals surface area contributed by atoms with Crippen molar-refractivity contribution in [1.82, 2.24) is 10.2 Å². The van der Waals surface area contributed by atoms with E-state index in [0.717, 1.165) is 12.3 Å². The van der Waals surface area contributed by atoms with Crippen LogP contribution in [0.4, 0.5) is 0 Å². The van der Waals surface area contributed by atoms with Crippen LogP contribution in [0.1, 0.15) is 38.4 Å². The Labute approximate surface area is 242 Å². The summed E-state index contributed by atoms with van der Waals surface area (Å²) in [5.41, 5.74) is 2.74. The molecule has 10 heteroatoms. The Morgan fingerprint density at radius 2 is 1.29 bits per heavy atom. The number of carbonyl (C=O) groups is 2. The van der Waals surface area contributed by atoms with Gasteiger partial charge in [0, 0.05) is 0 Å². The summed E-state index contributed by atoms with van der Waals surface area (Å²) in [7, 11) is 6.61. The first kappa shape index (κ1) is 39.3.